The largest absolute Gasteiger partial charge is 0.501 e. The lowest BCUT2D eigenvalue weighted by Crippen LogP contribution is -2.46. The third kappa shape index (κ3) is 22.2. The predicted octanol–water partition coefficient (Wildman–Crippen LogP) is 11.8. The molecule has 3 aromatic heterocycles. The molecule has 9 aromatic rings. The summed E-state index contributed by atoms with van der Waals surface area (Å²) in [7, 11) is -17.3. The Hall–Kier alpha value is -9.40. The van der Waals surface area contributed by atoms with E-state index in [1.807, 2.05) is 75.2 Å². The first-order chi connectivity index (χ1) is 56.6. The van der Waals surface area contributed by atoms with Crippen LogP contribution in [-0.2, 0) is 55.1 Å². The van der Waals surface area contributed by atoms with Crippen LogP contribution in [0.2, 0.25) is 5.02 Å². The van der Waals surface area contributed by atoms with Crippen molar-refractivity contribution in [2.45, 2.75) is 96.6 Å². The molecule has 1 amide bonds. The Morgan fingerprint density at radius 3 is 2.13 bits per heavy atom. The minimum absolute atomic E-state index is 0.0139. The van der Waals surface area contributed by atoms with Crippen LogP contribution in [0.3, 0.4) is 0 Å². The molecule has 0 aliphatic carbocycles. The fourth-order valence-corrected chi connectivity index (χ4v) is 19.8. The van der Waals surface area contributed by atoms with Crippen molar-refractivity contribution in [2.75, 3.05) is 155 Å². The van der Waals surface area contributed by atoms with Gasteiger partial charge in [0, 0.05) is 146 Å². The summed E-state index contributed by atoms with van der Waals surface area (Å²) in [5.74, 6) is 0.319. The Labute approximate surface area is 696 Å². The summed E-state index contributed by atoms with van der Waals surface area (Å²) in [6.07, 6.45) is 5.49. The van der Waals surface area contributed by atoms with E-state index in [1.54, 1.807) is 56.5 Å². The first kappa shape index (κ1) is 88.9. The maximum atomic E-state index is 15.8. The van der Waals surface area contributed by atoms with Crippen molar-refractivity contribution < 1.29 is 85.7 Å². The van der Waals surface area contributed by atoms with Gasteiger partial charge in [-0.25, -0.2) is 44.6 Å². The molecule has 29 nitrogen and oxygen atoms in total. The lowest BCUT2D eigenvalue weighted by molar-refractivity contribution is -0.150. The van der Waals surface area contributed by atoms with Crippen LogP contribution in [0, 0.1) is 18.7 Å². The van der Waals surface area contributed by atoms with E-state index < -0.39 is 94.1 Å². The number of morpholine rings is 1. The number of sulfone groups is 2. The summed E-state index contributed by atoms with van der Waals surface area (Å²) in [5.41, 5.74) is 4.19. The van der Waals surface area contributed by atoms with Crippen LogP contribution in [0.4, 0.5) is 52.1 Å². The fraction of sp³-hybridized carbons (Fsp3) is 0.400. The zero-order chi connectivity index (χ0) is 85.1. The highest BCUT2D eigenvalue weighted by molar-refractivity contribution is 7.99. The predicted molar refractivity (Wildman–Crippen MR) is 449 cm³/mol. The second kappa shape index (κ2) is 38.5. The van der Waals surface area contributed by atoms with Crippen molar-refractivity contribution >= 4 is 118 Å². The average Bonchev–Trinajstić information content (AvgIpc) is 1.57. The smallest absolute Gasteiger partial charge is 0.491 e. The van der Waals surface area contributed by atoms with Gasteiger partial charge >= 0.3 is 19.1 Å². The maximum absolute atomic E-state index is 15.8. The van der Waals surface area contributed by atoms with Crippen molar-refractivity contribution in [3.63, 3.8) is 0 Å². The number of nitrogens with zero attached hydrogens (tertiary/aromatic N) is 10. The molecule has 0 radical (unpaired) electrons. The standard InChI is InChI=1S/C57H66ClF4N6O11PS4.C23H28N8O4/c1-38(2)68-39(3)55(82(4,73)74)53(54(68)40-11-13-43(58)14-12-40)42-33-44(59)35-48(34-42)67-29-27-66(28-30-67)47-17-15-45(16-18-47)64-84(77,78)50-19-20-51(52(36-50)83(75,76)57(60,61)62)63-46(37-81-49-9-6-5-7-10-49)23-26-65-24-21-41(22-25-65)56(69)79-31-8-32-80(70,71)72;1-33-19-17(35-10-2-6-30-8-11-34-12-9-30)4-3-16-18(19)28-23(31-7-5-25-20(16)31)29-21(32)15-13-26-22(24)27-14-15/h5-7,9-20,33-36,38,41,46,63-64H,8,21-32,37H2,1-4H3,(H2,70,71,72);3-4,13-14,25H,2,5-12H2,1H3,(H2,24,26,27). The van der Waals surface area contributed by atoms with Crippen LogP contribution in [0.5, 0.6) is 11.5 Å². The number of nitrogens with one attached hydrogen (secondary N) is 3. The van der Waals surface area contributed by atoms with E-state index in [0.717, 1.165) is 73.8 Å². The number of anilines is 6. The van der Waals surface area contributed by atoms with Crippen molar-refractivity contribution in [3.8, 4) is 33.9 Å². The number of fused-ring (bicyclic) bond motifs is 3. The third-order valence-electron chi connectivity index (χ3n) is 20.7. The Kier molecular flexibility index (Phi) is 28.8. The van der Waals surface area contributed by atoms with Crippen molar-refractivity contribution in [1.82, 2.24) is 33.9 Å². The number of rotatable bonds is 30. The number of sulfonamides is 1. The van der Waals surface area contributed by atoms with E-state index in [-0.39, 0.29) is 52.5 Å². The average molecular weight is 1760 g/mol. The molecule has 7 heterocycles. The topological polar surface area (TPSA) is 367 Å². The highest BCUT2D eigenvalue weighted by Gasteiger charge is 2.49. The van der Waals surface area contributed by atoms with Gasteiger partial charge in [-0.3, -0.25) is 28.3 Å². The number of alkyl halides is 3. The normalized spacial score (nSPS) is 15.8. The number of nitrogen functional groups attached to an aromatic ring is 1. The number of nitrogens with two attached hydrogens (primary N) is 1. The molecule has 13 rings (SSSR count). The second-order valence-corrected chi connectivity index (χ2v) is 38.2. The zero-order valence-corrected chi connectivity index (χ0v) is 70.9. The molecule has 1 atom stereocenters. The number of hydrogen-bond acceptors (Lipinski definition) is 24. The minimum Gasteiger partial charge on any atom is -0.491 e. The van der Waals surface area contributed by atoms with Gasteiger partial charge in [-0.15, -0.1) is 11.8 Å². The summed E-state index contributed by atoms with van der Waals surface area (Å²) in [5, 5.41) is 7.71. The van der Waals surface area contributed by atoms with Gasteiger partial charge in [-0.2, -0.15) is 18.2 Å². The van der Waals surface area contributed by atoms with E-state index in [0.29, 0.717) is 152 Å². The number of methoxy groups -OCH3 is 1. The number of piperidine rings is 1. The van der Waals surface area contributed by atoms with E-state index in [2.05, 4.69) is 40.1 Å². The number of hydrogen-bond donors (Lipinski definition) is 6. The van der Waals surface area contributed by atoms with Gasteiger partial charge in [0.2, 0.25) is 11.6 Å². The molecular formula is C80H94ClF4N14O15PS4. The summed E-state index contributed by atoms with van der Waals surface area (Å²) < 4.78 is 180. The molecule has 0 saturated carbocycles. The summed E-state index contributed by atoms with van der Waals surface area (Å²) in [4.78, 5) is 67.6. The van der Waals surface area contributed by atoms with Gasteiger partial charge in [0.15, 0.2) is 21.3 Å². The Balaban J connectivity index is 0.000000306. The number of ether oxygens (including phenoxy) is 4. The van der Waals surface area contributed by atoms with Crippen LogP contribution in [0.15, 0.2) is 164 Å². The van der Waals surface area contributed by atoms with Gasteiger partial charge in [-0.05, 0) is 174 Å². The minimum atomic E-state index is -6.13. The fourth-order valence-electron chi connectivity index (χ4n) is 14.8. The molecular weight excluding hydrogens is 1670 g/mol. The second-order valence-electron chi connectivity index (χ2n) is 29.3. The zero-order valence-electron chi connectivity index (χ0n) is 66.0. The number of benzene rings is 6. The van der Waals surface area contributed by atoms with Crippen LogP contribution >= 0.6 is 31.0 Å². The first-order valence-corrected chi connectivity index (χ1v) is 46.6. The van der Waals surface area contributed by atoms with Gasteiger partial charge in [0.05, 0.1) is 72.4 Å². The molecule has 1 unspecified atom stereocenters. The Morgan fingerprint density at radius 1 is 0.807 bits per heavy atom. The Morgan fingerprint density at radius 2 is 1.48 bits per heavy atom. The first-order valence-electron chi connectivity index (χ1n) is 38.6. The molecule has 3 saturated heterocycles. The number of amides is 1. The number of halogens is 5. The molecule has 638 valence electrons. The molecule has 39 heteroatoms. The maximum Gasteiger partial charge on any atom is 0.501 e. The monoisotopic (exact) mass is 1760 g/mol. The van der Waals surface area contributed by atoms with Crippen LogP contribution < -0.4 is 46.0 Å². The quantitative estimate of drug-likeness (QED) is 0.00800. The number of esters is 1. The van der Waals surface area contributed by atoms with Crippen LogP contribution in [-0.4, -0.2) is 216 Å². The highest BCUT2D eigenvalue weighted by atomic mass is 35.5. The molecule has 3 fully saturated rings. The molecule has 0 spiro atoms. The molecule has 6 aromatic carbocycles. The number of carbonyl (C=O) groups is 2. The van der Waals surface area contributed by atoms with Gasteiger partial charge in [-0.1, -0.05) is 41.9 Å². The number of aromatic nitrogens is 5. The van der Waals surface area contributed by atoms with E-state index in [9.17, 15) is 52.6 Å². The van der Waals surface area contributed by atoms with Gasteiger partial charge < -0.3 is 64.4 Å². The number of thioether (sulfide) groups is 1. The van der Waals surface area contributed by atoms with Crippen LogP contribution in [0.1, 0.15) is 68.0 Å². The number of piperazine rings is 1. The third-order valence-corrected chi connectivity index (χ3v) is 27.1. The van der Waals surface area contributed by atoms with E-state index >= 15 is 4.39 Å². The molecule has 119 heavy (non-hydrogen) atoms. The molecule has 4 aliphatic heterocycles. The Bertz CT molecular complexity index is 5600. The van der Waals surface area contributed by atoms with Crippen molar-refractivity contribution in [3.05, 3.63) is 168 Å². The highest BCUT2D eigenvalue weighted by Crippen LogP contribution is 2.46. The summed E-state index contributed by atoms with van der Waals surface area (Å²) in [6, 6.07) is 32.5. The van der Waals surface area contributed by atoms with Crippen molar-refractivity contribution in [1.29, 1.82) is 0 Å². The summed E-state index contributed by atoms with van der Waals surface area (Å²) >= 11 is 7.63. The van der Waals surface area contributed by atoms with E-state index in [1.165, 1.54) is 48.4 Å². The number of carbonyl (C=O) groups excluding carboxylic acids is 2. The lowest BCUT2D eigenvalue weighted by atomic mass is 9.96. The van der Waals surface area contributed by atoms with Gasteiger partial charge in [0.25, 0.3) is 25.8 Å². The molecule has 7 N–H and O–H groups in total. The van der Waals surface area contributed by atoms with Gasteiger partial charge in [0.1, 0.15) is 22.0 Å². The molecule has 4 aliphatic rings. The van der Waals surface area contributed by atoms with Crippen molar-refractivity contribution in [2.24, 2.45) is 10.9 Å². The summed E-state index contributed by atoms with van der Waals surface area (Å²) in [6.45, 7) is 14.8. The lowest BCUT2D eigenvalue weighted by Gasteiger charge is -2.37. The number of likely N-dealkylation sites (tertiary alicyclic amines) is 1. The van der Waals surface area contributed by atoms with E-state index in [4.69, 9.17) is 51.1 Å². The SMILES string of the molecule is COc1c(OCCCN2CCOCC2)ccc2c3n(c(=NC(=O)c4cnc(N)nc4)nc12)CCN3.Cc1c(S(C)(=O)=O)c(-c2cc(F)cc(N3CCN(c4ccc(NS(=O)(=O)c5ccc(NC(CCN6CCC(C(=O)OCCCP(=O)(O)O)CC6)CSc6ccccc6)c(S(=O)(=O)C(F)(F)F)c5)cc4)CC3)c2)c(-c2ccc(Cl)cc2)n1C(C)C. The molecule has 0 bridgehead atoms. The van der Waals surface area contributed by atoms with Crippen LogP contribution in [0.25, 0.3) is 33.3 Å².